The van der Waals surface area contributed by atoms with E-state index in [4.69, 9.17) is 4.42 Å². The number of amides is 1. The third-order valence-electron chi connectivity index (χ3n) is 5.69. The van der Waals surface area contributed by atoms with Crippen molar-refractivity contribution in [2.45, 2.75) is 64.6 Å². The van der Waals surface area contributed by atoms with Gasteiger partial charge in [-0.2, -0.15) is 0 Å². The summed E-state index contributed by atoms with van der Waals surface area (Å²) in [5.74, 6) is -0.826. The zero-order valence-electron chi connectivity index (χ0n) is 17.4. The maximum atomic E-state index is 13.2. The number of carbonyl (C=O) groups is 3. The summed E-state index contributed by atoms with van der Waals surface area (Å²) in [5, 5.41) is 6.67. The fourth-order valence-corrected chi connectivity index (χ4v) is 5.01. The molecule has 1 fully saturated rings. The van der Waals surface area contributed by atoms with Crippen LogP contribution in [0.1, 0.15) is 88.7 Å². The molecule has 2 heterocycles. The summed E-state index contributed by atoms with van der Waals surface area (Å²) >= 11 is 0. The molecule has 0 radical (unpaired) electrons. The molecule has 0 spiro atoms. The van der Waals surface area contributed by atoms with Crippen LogP contribution in [0, 0.1) is 6.92 Å². The average Bonchev–Trinajstić information content (AvgIpc) is 2.94. The van der Waals surface area contributed by atoms with Crippen molar-refractivity contribution >= 4 is 17.5 Å². The number of ketones is 2. The third kappa shape index (κ3) is 3.31. The molecule has 152 valence electrons. The molecule has 2 aliphatic rings. The number of hydrogen-bond acceptors (Lipinski definition) is 5. The number of nitrogens with one attached hydrogen (secondary N) is 2. The van der Waals surface area contributed by atoms with E-state index in [1.54, 1.807) is 31.2 Å². The molecule has 2 N–H and O–H groups in total. The number of fused-ring (bicyclic) bond motifs is 2. The first-order valence-corrected chi connectivity index (χ1v) is 9.91. The van der Waals surface area contributed by atoms with Gasteiger partial charge in [-0.1, -0.05) is 24.3 Å². The molecule has 6 nitrogen and oxygen atoms in total. The Morgan fingerprint density at radius 3 is 2.17 bits per heavy atom. The highest BCUT2D eigenvalue weighted by atomic mass is 16.4. The van der Waals surface area contributed by atoms with E-state index in [0.29, 0.717) is 11.1 Å². The summed E-state index contributed by atoms with van der Waals surface area (Å²) in [5.41, 5.74) is 0.611. The minimum absolute atomic E-state index is 0.0395. The molecule has 2 aromatic rings. The Morgan fingerprint density at radius 1 is 1.03 bits per heavy atom. The Bertz CT molecular complexity index is 1030. The molecule has 29 heavy (non-hydrogen) atoms. The molecule has 1 amide bonds. The summed E-state index contributed by atoms with van der Waals surface area (Å²) < 4.78 is 5.63. The van der Waals surface area contributed by atoms with Gasteiger partial charge >= 0.3 is 0 Å². The number of benzene rings is 1. The van der Waals surface area contributed by atoms with E-state index in [2.05, 4.69) is 38.3 Å². The van der Waals surface area contributed by atoms with Gasteiger partial charge in [-0.15, -0.1) is 0 Å². The first-order chi connectivity index (χ1) is 13.5. The largest absolute Gasteiger partial charge is 0.456 e. The van der Waals surface area contributed by atoms with E-state index in [-0.39, 0.29) is 57.2 Å². The van der Waals surface area contributed by atoms with E-state index < -0.39 is 0 Å². The van der Waals surface area contributed by atoms with Gasteiger partial charge in [-0.25, -0.2) is 0 Å². The Kier molecular flexibility index (Phi) is 4.31. The highest BCUT2D eigenvalue weighted by molar-refractivity contribution is 6.30. The van der Waals surface area contributed by atoms with Crippen LogP contribution in [0.2, 0.25) is 0 Å². The SMILES string of the molecule is Cc1oc2c(c1C(=O)NC1CC(C)(C)NC(C)(C)C1)C(=O)c1ccccc1C2=O. The van der Waals surface area contributed by atoms with E-state index >= 15 is 0 Å². The topological polar surface area (TPSA) is 88.4 Å². The smallest absolute Gasteiger partial charge is 0.255 e. The Morgan fingerprint density at radius 2 is 1.59 bits per heavy atom. The van der Waals surface area contributed by atoms with Crippen molar-refractivity contribution in [2.24, 2.45) is 0 Å². The van der Waals surface area contributed by atoms with Crippen LogP contribution in [0.15, 0.2) is 28.7 Å². The summed E-state index contributed by atoms with van der Waals surface area (Å²) in [4.78, 5) is 39.1. The first kappa shape index (κ1) is 19.6. The van der Waals surface area contributed by atoms with Gasteiger partial charge in [0.25, 0.3) is 5.91 Å². The monoisotopic (exact) mass is 394 g/mol. The fraction of sp³-hybridized carbons (Fsp3) is 0.435. The molecular weight excluding hydrogens is 368 g/mol. The van der Waals surface area contributed by atoms with Crippen molar-refractivity contribution in [1.29, 1.82) is 0 Å². The predicted octanol–water partition coefficient (Wildman–Crippen LogP) is 3.40. The molecule has 1 aliphatic heterocycles. The van der Waals surface area contributed by atoms with E-state index in [1.165, 1.54) is 0 Å². The molecular formula is C23H26N2O4. The van der Waals surface area contributed by atoms with E-state index in [9.17, 15) is 14.4 Å². The Balaban J connectivity index is 1.69. The third-order valence-corrected chi connectivity index (χ3v) is 5.69. The van der Waals surface area contributed by atoms with Gasteiger partial charge < -0.3 is 15.1 Å². The standard InChI is InChI=1S/C23H26N2O4/c1-12-16(21(28)24-13-10-22(2,3)25-23(4,5)11-13)17-18(26)14-8-6-7-9-15(14)19(27)20(17)29-12/h6-9,13,25H,10-11H2,1-5H3,(H,24,28). The van der Waals surface area contributed by atoms with Crippen molar-refractivity contribution in [3.8, 4) is 0 Å². The van der Waals surface area contributed by atoms with Crippen molar-refractivity contribution in [3.63, 3.8) is 0 Å². The normalized spacial score (nSPS) is 20.2. The maximum absolute atomic E-state index is 13.2. The van der Waals surface area contributed by atoms with Gasteiger partial charge in [0.15, 0.2) is 11.5 Å². The number of carbonyl (C=O) groups excluding carboxylic acids is 3. The zero-order valence-corrected chi connectivity index (χ0v) is 17.4. The number of hydrogen-bond donors (Lipinski definition) is 2. The van der Waals surface area contributed by atoms with Gasteiger partial charge in [-0.05, 0) is 47.5 Å². The number of furan rings is 1. The van der Waals surface area contributed by atoms with Crippen molar-refractivity contribution < 1.29 is 18.8 Å². The molecule has 4 rings (SSSR count). The second kappa shape index (κ2) is 6.39. The highest BCUT2D eigenvalue weighted by Gasteiger charge is 2.41. The number of piperidine rings is 1. The maximum Gasteiger partial charge on any atom is 0.255 e. The second-order valence-electron chi connectivity index (χ2n) is 9.41. The van der Waals surface area contributed by atoms with Crippen molar-refractivity contribution in [3.05, 3.63) is 58.0 Å². The van der Waals surface area contributed by atoms with Crippen molar-refractivity contribution in [2.75, 3.05) is 0 Å². The molecule has 1 aromatic heterocycles. The molecule has 1 saturated heterocycles. The Labute approximate surface area is 170 Å². The lowest BCUT2D eigenvalue weighted by molar-refractivity contribution is 0.0865. The lowest BCUT2D eigenvalue weighted by Crippen LogP contribution is -2.62. The number of aryl methyl sites for hydroxylation is 1. The molecule has 6 heteroatoms. The van der Waals surface area contributed by atoms with Crippen LogP contribution in [0.25, 0.3) is 0 Å². The predicted molar refractivity (Wildman–Crippen MR) is 109 cm³/mol. The second-order valence-corrected chi connectivity index (χ2v) is 9.41. The molecule has 0 saturated carbocycles. The van der Waals surface area contributed by atoms with Gasteiger partial charge in [0.2, 0.25) is 5.78 Å². The summed E-state index contributed by atoms with van der Waals surface area (Å²) in [7, 11) is 0. The first-order valence-electron chi connectivity index (χ1n) is 9.91. The Hall–Kier alpha value is -2.73. The molecule has 0 bridgehead atoms. The van der Waals surface area contributed by atoms with Crippen LogP contribution in [-0.4, -0.2) is 34.6 Å². The van der Waals surface area contributed by atoms with Gasteiger partial charge in [0.05, 0.1) is 11.1 Å². The van der Waals surface area contributed by atoms with Crippen LogP contribution in [-0.2, 0) is 0 Å². The van der Waals surface area contributed by atoms with Gasteiger partial charge in [0, 0.05) is 28.2 Å². The van der Waals surface area contributed by atoms with Gasteiger partial charge in [0.1, 0.15) is 5.76 Å². The quantitative estimate of drug-likeness (QED) is 0.695. The van der Waals surface area contributed by atoms with Crippen LogP contribution < -0.4 is 10.6 Å². The molecule has 0 atom stereocenters. The van der Waals surface area contributed by atoms with Crippen LogP contribution in [0.3, 0.4) is 0 Å². The van der Waals surface area contributed by atoms with Gasteiger partial charge in [-0.3, -0.25) is 14.4 Å². The lowest BCUT2D eigenvalue weighted by Gasteiger charge is -2.46. The van der Waals surface area contributed by atoms with Crippen molar-refractivity contribution in [1.82, 2.24) is 10.6 Å². The van der Waals surface area contributed by atoms with Crippen LogP contribution >= 0.6 is 0 Å². The minimum Gasteiger partial charge on any atom is -0.456 e. The van der Waals surface area contributed by atoms with Crippen LogP contribution in [0.4, 0.5) is 0 Å². The summed E-state index contributed by atoms with van der Waals surface area (Å²) in [6, 6.07) is 6.58. The minimum atomic E-state index is -0.369. The van der Waals surface area contributed by atoms with Crippen LogP contribution in [0.5, 0.6) is 0 Å². The van der Waals surface area contributed by atoms with E-state index in [0.717, 1.165) is 12.8 Å². The fourth-order valence-electron chi connectivity index (χ4n) is 5.01. The number of rotatable bonds is 2. The summed E-state index contributed by atoms with van der Waals surface area (Å²) in [6.07, 6.45) is 1.52. The zero-order chi connectivity index (χ0) is 21.1. The average molecular weight is 394 g/mol. The molecule has 1 aromatic carbocycles. The lowest BCUT2D eigenvalue weighted by atomic mass is 9.79. The molecule has 0 unspecified atom stereocenters. The summed E-state index contributed by atoms with van der Waals surface area (Å²) in [6.45, 7) is 10.1. The molecule has 1 aliphatic carbocycles. The highest BCUT2D eigenvalue weighted by Crippen LogP contribution is 2.34. The van der Waals surface area contributed by atoms with E-state index in [1.807, 2.05) is 0 Å².